The van der Waals surface area contributed by atoms with Gasteiger partial charge in [0.05, 0.1) is 12.6 Å². The lowest BCUT2D eigenvalue weighted by molar-refractivity contribution is -0.123. The average molecular weight is 493 g/mol. The SMILES string of the molecule is CCCNC(=O)CN1C(=O)N(Cc2ccc(OC)cc2)CC12CCC(c1ccccc1)(N(C)C)CC2. The van der Waals surface area contributed by atoms with Crippen molar-refractivity contribution in [2.45, 2.75) is 56.7 Å². The second-order valence-corrected chi connectivity index (χ2v) is 10.4. The molecule has 2 aromatic carbocycles. The number of nitrogens with zero attached hydrogens (tertiary/aromatic N) is 3. The van der Waals surface area contributed by atoms with Crippen molar-refractivity contribution in [1.29, 1.82) is 0 Å². The maximum Gasteiger partial charge on any atom is 0.321 e. The summed E-state index contributed by atoms with van der Waals surface area (Å²) >= 11 is 0. The van der Waals surface area contributed by atoms with E-state index in [2.05, 4.69) is 54.6 Å². The number of rotatable bonds is 9. The molecular formula is C29H40N4O3. The molecule has 36 heavy (non-hydrogen) atoms. The molecule has 2 aliphatic rings. The van der Waals surface area contributed by atoms with Crippen LogP contribution in [0.15, 0.2) is 54.6 Å². The normalized spacial score (nSPS) is 24.0. The summed E-state index contributed by atoms with van der Waals surface area (Å²) in [6.45, 7) is 3.93. The highest BCUT2D eigenvalue weighted by Gasteiger charge is 2.54. The van der Waals surface area contributed by atoms with Crippen LogP contribution in [0, 0.1) is 0 Å². The molecule has 2 aromatic rings. The Morgan fingerprint density at radius 1 is 1.03 bits per heavy atom. The Morgan fingerprint density at radius 2 is 1.69 bits per heavy atom. The number of hydrogen-bond acceptors (Lipinski definition) is 4. The van der Waals surface area contributed by atoms with Crippen LogP contribution in [-0.2, 0) is 16.9 Å². The van der Waals surface area contributed by atoms with Crippen LogP contribution in [0.5, 0.6) is 5.75 Å². The molecular weight excluding hydrogens is 452 g/mol. The van der Waals surface area contributed by atoms with E-state index in [9.17, 15) is 9.59 Å². The lowest BCUT2D eigenvalue weighted by Gasteiger charge is -2.50. The fourth-order valence-corrected chi connectivity index (χ4v) is 5.96. The van der Waals surface area contributed by atoms with Gasteiger partial charge in [-0.25, -0.2) is 4.79 Å². The molecule has 3 amide bonds. The van der Waals surface area contributed by atoms with Gasteiger partial charge in [0.25, 0.3) is 0 Å². The predicted molar refractivity (Wildman–Crippen MR) is 142 cm³/mol. The fraction of sp³-hybridized carbons (Fsp3) is 0.517. The summed E-state index contributed by atoms with van der Waals surface area (Å²) in [5, 5.41) is 2.97. The first kappa shape index (κ1) is 26.0. The minimum Gasteiger partial charge on any atom is -0.497 e. The Hall–Kier alpha value is -3.06. The molecule has 0 atom stereocenters. The number of nitrogens with one attached hydrogen (secondary N) is 1. The van der Waals surface area contributed by atoms with Crippen molar-refractivity contribution in [3.8, 4) is 5.75 Å². The Labute approximate surface area is 215 Å². The Morgan fingerprint density at radius 3 is 2.28 bits per heavy atom. The molecule has 0 radical (unpaired) electrons. The smallest absolute Gasteiger partial charge is 0.321 e. The minimum atomic E-state index is -0.346. The van der Waals surface area contributed by atoms with E-state index in [0.29, 0.717) is 19.6 Å². The predicted octanol–water partition coefficient (Wildman–Crippen LogP) is 4.23. The van der Waals surface area contributed by atoms with Gasteiger partial charge in [0.15, 0.2) is 0 Å². The zero-order chi connectivity index (χ0) is 25.8. The number of benzene rings is 2. The Bertz CT molecular complexity index is 1030. The molecule has 1 aliphatic carbocycles. The quantitative estimate of drug-likeness (QED) is 0.569. The molecule has 1 spiro atoms. The van der Waals surface area contributed by atoms with E-state index in [1.807, 2.05) is 41.0 Å². The standard InChI is InChI=1S/C29H40N4O3/c1-5-19-30-26(34)21-33-27(35)32(20-23-11-13-25(36-4)14-12-23)22-28(33)15-17-29(18-16-28,31(2)3)24-9-7-6-8-10-24/h6-14H,5,15-22H2,1-4H3,(H,30,34). The summed E-state index contributed by atoms with van der Waals surface area (Å²) in [6.07, 6.45) is 4.44. The molecule has 7 heteroatoms. The van der Waals surface area contributed by atoms with Gasteiger partial charge in [0, 0.05) is 25.2 Å². The number of methoxy groups -OCH3 is 1. The lowest BCUT2D eigenvalue weighted by atomic mass is 9.68. The molecule has 0 bridgehead atoms. The van der Waals surface area contributed by atoms with Gasteiger partial charge in [-0.15, -0.1) is 0 Å². The number of urea groups is 1. The summed E-state index contributed by atoms with van der Waals surface area (Å²) in [5.41, 5.74) is 1.95. The molecule has 0 aromatic heterocycles. The van der Waals surface area contributed by atoms with Crippen molar-refractivity contribution < 1.29 is 14.3 Å². The second kappa shape index (κ2) is 10.9. The Balaban J connectivity index is 1.58. The largest absolute Gasteiger partial charge is 0.497 e. The average Bonchev–Trinajstić information content (AvgIpc) is 3.14. The van der Waals surface area contributed by atoms with Crippen molar-refractivity contribution in [3.63, 3.8) is 0 Å². The van der Waals surface area contributed by atoms with Crippen LogP contribution in [-0.4, -0.2) is 73.0 Å². The zero-order valence-electron chi connectivity index (χ0n) is 22.1. The number of carbonyl (C=O) groups excluding carboxylic acids is 2. The van der Waals surface area contributed by atoms with Crippen LogP contribution < -0.4 is 10.1 Å². The van der Waals surface area contributed by atoms with Crippen molar-refractivity contribution in [2.75, 3.05) is 40.8 Å². The van der Waals surface area contributed by atoms with Crippen LogP contribution in [0.25, 0.3) is 0 Å². The van der Waals surface area contributed by atoms with Gasteiger partial charge in [-0.3, -0.25) is 9.69 Å². The van der Waals surface area contributed by atoms with Crippen LogP contribution >= 0.6 is 0 Å². The molecule has 1 saturated carbocycles. The molecule has 1 N–H and O–H groups in total. The van der Waals surface area contributed by atoms with Crippen molar-refractivity contribution >= 4 is 11.9 Å². The first-order valence-corrected chi connectivity index (χ1v) is 13.0. The van der Waals surface area contributed by atoms with Crippen LogP contribution in [0.1, 0.15) is 50.2 Å². The summed E-state index contributed by atoms with van der Waals surface area (Å²) < 4.78 is 5.28. The van der Waals surface area contributed by atoms with E-state index >= 15 is 0 Å². The van der Waals surface area contributed by atoms with Crippen molar-refractivity contribution in [3.05, 3.63) is 65.7 Å². The van der Waals surface area contributed by atoms with Crippen LogP contribution in [0.3, 0.4) is 0 Å². The van der Waals surface area contributed by atoms with Gasteiger partial charge in [0.2, 0.25) is 5.91 Å². The maximum atomic E-state index is 13.7. The number of ether oxygens (including phenoxy) is 1. The van der Waals surface area contributed by atoms with E-state index in [0.717, 1.165) is 43.4 Å². The topological polar surface area (TPSA) is 65.1 Å². The van der Waals surface area contributed by atoms with Crippen LogP contribution in [0.4, 0.5) is 4.79 Å². The number of carbonyl (C=O) groups is 2. The number of amides is 3. The third kappa shape index (κ3) is 5.07. The Kier molecular flexibility index (Phi) is 7.88. The highest BCUT2D eigenvalue weighted by molar-refractivity contribution is 5.86. The first-order valence-electron chi connectivity index (χ1n) is 13.0. The summed E-state index contributed by atoms with van der Waals surface area (Å²) in [7, 11) is 5.95. The summed E-state index contributed by atoms with van der Waals surface area (Å²) in [5.74, 6) is 0.716. The molecule has 194 valence electrons. The highest BCUT2D eigenvalue weighted by atomic mass is 16.5. The van der Waals surface area contributed by atoms with E-state index in [1.165, 1.54) is 5.56 Å². The van der Waals surface area contributed by atoms with Gasteiger partial charge in [-0.2, -0.15) is 0 Å². The van der Waals surface area contributed by atoms with Crippen molar-refractivity contribution in [1.82, 2.24) is 20.0 Å². The third-order valence-corrected chi connectivity index (χ3v) is 8.14. The van der Waals surface area contributed by atoms with Gasteiger partial charge < -0.3 is 19.9 Å². The monoisotopic (exact) mass is 492 g/mol. The number of hydrogen-bond donors (Lipinski definition) is 1. The zero-order valence-corrected chi connectivity index (χ0v) is 22.1. The molecule has 1 heterocycles. The first-order chi connectivity index (χ1) is 17.3. The van der Waals surface area contributed by atoms with Gasteiger partial charge in [0.1, 0.15) is 12.3 Å². The fourth-order valence-electron chi connectivity index (χ4n) is 5.96. The van der Waals surface area contributed by atoms with Crippen LogP contribution in [0.2, 0.25) is 0 Å². The maximum absolute atomic E-state index is 13.7. The molecule has 4 rings (SSSR count). The second-order valence-electron chi connectivity index (χ2n) is 10.4. The summed E-state index contributed by atoms with van der Waals surface area (Å²) in [6, 6.07) is 18.5. The molecule has 2 fully saturated rings. The van der Waals surface area contributed by atoms with Crippen molar-refractivity contribution in [2.24, 2.45) is 0 Å². The lowest BCUT2D eigenvalue weighted by Crippen LogP contribution is -2.57. The van der Waals surface area contributed by atoms with Gasteiger partial charge in [-0.05, 0) is 69.5 Å². The van der Waals surface area contributed by atoms with E-state index < -0.39 is 0 Å². The molecule has 0 unspecified atom stereocenters. The van der Waals surface area contributed by atoms with Gasteiger partial charge in [-0.1, -0.05) is 49.4 Å². The van der Waals surface area contributed by atoms with Gasteiger partial charge >= 0.3 is 6.03 Å². The summed E-state index contributed by atoms with van der Waals surface area (Å²) in [4.78, 5) is 32.6. The molecule has 1 aliphatic heterocycles. The van der Waals surface area contributed by atoms with E-state index in [-0.39, 0.29) is 29.6 Å². The molecule has 7 nitrogen and oxygen atoms in total. The third-order valence-electron chi connectivity index (χ3n) is 8.14. The minimum absolute atomic E-state index is 0.0467. The highest BCUT2D eigenvalue weighted by Crippen LogP contribution is 2.49. The van der Waals surface area contributed by atoms with E-state index in [1.54, 1.807) is 7.11 Å². The van der Waals surface area contributed by atoms with E-state index in [4.69, 9.17) is 4.74 Å². The molecule has 1 saturated heterocycles.